The lowest BCUT2D eigenvalue weighted by Crippen LogP contribution is -3.00. The first-order valence-electron chi connectivity index (χ1n) is 1.46. The molecule has 0 saturated carbocycles. The van der Waals surface area contributed by atoms with Gasteiger partial charge in [0.05, 0.1) is 6.26 Å². The van der Waals surface area contributed by atoms with Crippen LogP contribution in [-0.2, 0) is 0 Å². The molecule has 0 fully saturated rings. The standard InChI is InChI=1S/C3H3NO2.I/c5-3-4-1-2-6-3;/h1-2H,(H,4,5);/q;+1/p-1. The number of oxazole rings is 1. The summed E-state index contributed by atoms with van der Waals surface area (Å²) in [5, 5.41) is 0. The van der Waals surface area contributed by atoms with Gasteiger partial charge < -0.3 is 9.40 Å². The molecule has 0 N–H and O–H groups in total. The molecule has 0 aliphatic carbocycles. The quantitative estimate of drug-likeness (QED) is 0.420. The normalized spacial score (nSPS) is 7.43. The zero-order valence-electron chi connectivity index (χ0n) is 3.30. The van der Waals surface area contributed by atoms with E-state index < -0.39 is 5.76 Å². The molecule has 4 heteroatoms. The van der Waals surface area contributed by atoms with Crippen LogP contribution < -0.4 is 34.7 Å². The van der Waals surface area contributed by atoms with Crippen LogP contribution in [0.4, 0.5) is 0 Å². The molecule has 1 heterocycles. The Morgan fingerprint density at radius 3 is 2.57 bits per heavy atom. The minimum Gasteiger partial charge on any atom is -0.594 e. The second-order valence-corrected chi connectivity index (χ2v) is 0.798. The van der Waals surface area contributed by atoms with Gasteiger partial charge in [-0.2, -0.15) is 0 Å². The Kier molecular flexibility index (Phi) is 2.73. The average Bonchev–Trinajstić information content (AvgIpc) is 1.86. The van der Waals surface area contributed by atoms with Crippen molar-refractivity contribution in [2.75, 3.05) is 0 Å². The Morgan fingerprint density at radius 1 is 1.71 bits per heavy atom. The molecule has 1 aromatic rings. The van der Waals surface area contributed by atoms with Crippen LogP contribution in [0, 0.1) is 0 Å². The molecule has 0 bridgehead atoms. The van der Waals surface area contributed by atoms with E-state index in [2.05, 4.69) is 9.40 Å². The zero-order valence-corrected chi connectivity index (χ0v) is 5.45. The van der Waals surface area contributed by atoms with Crippen LogP contribution in [-0.4, -0.2) is 0 Å². The average molecular weight is 211 g/mol. The molecule has 1 aromatic heterocycles. The molecular formula is C3H2INO2. The highest BCUT2D eigenvalue weighted by molar-refractivity contribution is 4.58. The van der Waals surface area contributed by atoms with Crippen LogP contribution in [0.1, 0.15) is 0 Å². The van der Waals surface area contributed by atoms with Crippen molar-refractivity contribution in [3.8, 4) is 0 Å². The second-order valence-electron chi connectivity index (χ2n) is 0.798. The predicted molar refractivity (Wildman–Crippen MR) is 18.3 cm³/mol. The van der Waals surface area contributed by atoms with Crippen molar-refractivity contribution in [2.24, 2.45) is 0 Å². The first-order chi connectivity index (χ1) is 2.89. The number of rotatable bonds is 0. The molecule has 3 nitrogen and oxygen atoms in total. The molecule has 0 atom stereocenters. The van der Waals surface area contributed by atoms with Crippen molar-refractivity contribution in [2.45, 2.75) is 0 Å². The third-order valence-electron chi connectivity index (χ3n) is 0.410. The lowest BCUT2D eigenvalue weighted by atomic mass is 11.0. The van der Waals surface area contributed by atoms with E-state index in [0.29, 0.717) is 0 Å². The molecule has 0 aromatic carbocycles. The Balaban J connectivity index is 0.000000360. The smallest absolute Gasteiger partial charge is 0.594 e. The highest BCUT2D eigenvalue weighted by Crippen LogP contribution is 1.61. The summed E-state index contributed by atoms with van der Waals surface area (Å²) in [6, 6.07) is 0. The lowest BCUT2D eigenvalue weighted by Gasteiger charge is -1.68. The first kappa shape index (κ1) is 6.74. The summed E-state index contributed by atoms with van der Waals surface area (Å²) in [6.07, 6.45) is 2.55. The van der Waals surface area contributed by atoms with Crippen molar-refractivity contribution in [3.63, 3.8) is 0 Å². The maximum absolute atomic E-state index is 9.79. The van der Waals surface area contributed by atoms with Gasteiger partial charge in [-0.15, -0.1) is 6.20 Å². The topological polar surface area (TPSA) is 44.3 Å². The van der Waals surface area contributed by atoms with E-state index in [-0.39, 0.29) is 24.0 Å². The molecule has 0 aliphatic rings. The van der Waals surface area contributed by atoms with Gasteiger partial charge in [-0.3, -0.25) is 4.79 Å². The minimum atomic E-state index is -0.532. The van der Waals surface area contributed by atoms with Gasteiger partial charge in [0.2, 0.25) is 5.76 Å². The Bertz CT molecular complexity index is 151. The summed E-state index contributed by atoms with van der Waals surface area (Å²) >= 11 is 0. The summed E-state index contributed by atoms with van der Waals surface area (Å²) in [5.41, 5.74) is 0. The van der Waals surface area contributed by atoms with Crippen LogP contribution >= 0.6 is 0 Å². The Hall–Kier alpha value is -0.260. The molecule has 0 unspecified atom stereocenters. The number of hydrogen-bond acceptors (Lipinski definition) is 2. The van der Waals surface area contributed by atoms with Crippen molar-refractivity contribution < 1.29 is 28.4 Å². The van der Waals surface area contributed by atoms with E-state index in [1.54, 1.807) is 0 Å². The summed E-state index contributed by atoms with van der Waals surface area (Å²) in [6.45, 7) is 0. The van der Waals surface area contributed by atoms with Crippen LogP contribution in [0.2, 0.25) is 0 Å². The van der Waals surface area contributed by atoms with Crippen molar-refractivity contribution in [3.05, 3.63) is 23.0 Å². The van der Waals surface area contributed by atoms with E-state index in [4.69, 9.17) is 0 Å². The van der Waals surface area contributed by atoms with E-state index >= 15 is 0 Å². The molecule has 38 valence electrons. The molecule has 1 rings (SSSR count). The van der Waals surface area contributed by atoms with Gasteiger partial charge in [-0.25, -0.2) is 0 Å². The molecule has 7 heavy (non-hydrogen) atoms. The van der Waals surface area contributed by atoms with Crippen LogP contribution in [0.3, 0.4) is 0 Å². The van der Waals surface area contributed by atoms with E-state index in [1.807, 2.05) is 0 Å². The van der Waals surface area contributed by atoms with Crippen LogP contribution in [0.5, 0.6) is 0 Å². The van der Waals surface area contributed by atoms with Crippen molar-refractivity contribution in [1.29, 1.82) is 0 Å². The lowest BCUT2D eigenvalue weighted by molar-refractivity contribution is -0.00000188. The van der Waals surface area contributed by atoms with Gasteiger partial charge in [0.25, 0.3) is 0 Å². The van der Waals surface area contributed by atoms with Crippen LogP contribution in [0.25, 0.3) is 0 Å². The van der Waals surface area contributed by atoms with Gasteiger partial charge in [0, 0.05) is 0 Å². The Labute approximate surface area is 56.8 Å². The van der Waals surface area contributed by atoms with Gasteiger partial charge >= 0.3 is 24.0 Å². The minimum absolute atomic E-state index is 0. The summed E-state index contributed by atoms with van der Waals surface area (Å²) < 4.78 is 4.17. The zero-order chi connectivity index (χ0) is 4.41. The van der Waals surface area contributed by atoms with E-state index in [9.17, 15) is 4.79 Å². The highest BCUT2D eigenvalue weighted by atomic mass is 127. The molecular weight excluding hydrogens is 209 g/mol. The molecule has 2 radical (unpaired) electrons. The first-order valence-corrected chi connectivity index (χ1v) is 1.46. The summed E-state index contributed by atoms with van der Waals surface area (Å²) in [4.78, 5) is 13.0. The molecule has 0 aliphatic heterocycles. The molecule has 0 saturated heterocycles. The van der Waals surface area contributed by atoms with Gasteiger partial charge in [-0.05, 0) is 0 Å². The van der Waals surface area contributed by atoms with Crippen LogP contribution in [0.15, 0.2) is 21.7 Å². The number of nitrogens with zero attached hydrogens (tertiary/aromatic N) is 1. The van der Waals surface area contributed by atoms with Gasteiger partial charge in [0.15, 0.2) is 0 Å². The number of aromatic nitrogens is 1. The maximum atomic E-state index is 9.79. The molecule has 0 amide bonds. The fourth-order valence-corrected chi connectivity index (χ4v) is 0.210. The van der Waals surface area contributed by atoms with E-state index in [1.165, 1.54) is 12.5 Å². The largest absolute Gasteiger partial charge is 1.00 e. The third kappa shape index (κ3) is 1.77. The SMILES string of the molecule is O=c1[n-]cco1.[I+]. The van der Waals surface area contributed by atoms with Gasteiger partial charge in [0.1, 0.15) is 0 Å². The van der Waals surface area contributed by atoms with Crippen molar-refractivity contribution >= 4 is 0 Å². The fourth-order valence-electron chi connectivity index (χ4n) is 0.210. The summed E-state index contributed by atoms with van der Waals surface area (Å²) in [7, 11) is 0. The third-order valence-corrected chi connectivity index (χ3v) is 0.410. The van der Waals surface area contributed by atoms with Crippen molar-refractivity contribution in [1.82, 2.24) is 4.98 Å². The fraction of sp³-hybridized carbons (Fsp3) is 0. The van der Waals surface area contributed by atoms with Gasteiger partial charge in [-0.1, -0.05) is 0 Å². The molecule has 0 spiro atoms. The number of halogens is 1. The monoisotopic (exact) mass is 211 g/mol. The summed E-state index contributed by atoms with van der Waals surface area (Å²) in [5.74, 6) is -0.532. The number of hydrogen-bond donors (Lipinski definition) is 0. The second kappa shape index (κ2) is 2.84. The Morgan fingerprint density at radius 2 is 2.43 bits per heavy atom. The highest BCUT2D eigenvalue weighted by Gasteiger charge is 1.58. The predicted octanol–water partition coefficient (Wildman–Crippen LogP) is -3.40. The maximum Gasteiger partial charge on any atom is 1.00 e. The van der Waals surface area contributed by atoms with E-state index in [0.717, 1.165) is 0 Å².